The third kappa shape index (κ3) is 4.60. The smallest absolute Gasteiger partial charge is 0.387 e. The van der Waals surface area contributed by atoms with Gasteiger partial charge in [0.2, 0.25) is 0 Å². The number of thioether (sulfide) groups is 1. The molecule has 1 amide bonds. The summed E-state index contributed by atoms with van der Waals surface area (Å²) >= 11 is 1.76. The van der Waals surface area contributed by atoms with Gasteiger partial charge >= 0.3 is 6.61 Å². The number of hydrogen-bond acceptors (Lipinski definition) is 3. The minimum absolute atomic E-state index is 0.0944. The van der Waals surface area contributed by atoms with E-state index in [1.807, 2.05) is 24.3 Å². The summed E-state index contributed by atoms with van der Waals surface area (Å²) in [6.07, 6.45) is 4.11. The fourth-order valence-electron chi connectivity index (χ4n) is 2.57. The number of benzene rings is 2. The van der Waals surface area contributed by atoms with E-state index in [4.69, 9.17) is 0 Å². The summed E-state index contributed by atoms with van der Waals surface area (Å²) in [7, 11) is 0. The average molecular weight is 361 g/mol. The molecule has 0 radical (unpaired) electrons. The Bertz CT molecular complexity index is 762. The Labute approximate surface area is 149 Å². The fraction of sp³-hybridized carbons (Fsp3) is 0.211. The van der Waals surface area contributed by atoms with Gasteiger partial charge in [-0.15, -0.1) is 11.8 Å². The van der Waals surface area contributed by atoms with Crippen molar-refractivity contribution in [1.29, 1.82) is 0 Å². The fourth-order valence-corrected chi connectivity index (χ4v) is 3.57. The Balaban J connectivity index is 1.72. The number of rotatable bonds is 4. The monoisotopic (exact) mass is 361 g/mol. The lowest BCUT2D eigenvalue weighted by atomic mass is 10.2. The second-order valence-electron chi connectivity index (χ2n) is 5.44. The van der Waals surface area contributed by atoms with Gasteiger partial charge in [0, 0.05) is 17.5 Å². The van der Waals surface area contributed by atoms with Crippen molar-refractivity contribution in [2.45, 2.75) is 17.9 Å². The molecule has 0 fully saturated rings. The normalized spacial score (nSPS) is 14.4. The predicted octanol–water partition coefficient (Wildman–Crippen LogP) is 4.83. The maximum Gasteiger partial charge on any atom is 0.387 e. The molecule has 0 saturated heterocycles. The van der Waals surface area contributed by atoms with Gasteiger partial charge in [0.15, 0.2) is 0 Å². The maximum absolute atomic E-state index is 12.6. The molecule has 0 aliphatic carbocycles. The summed E-state index contributed by atoms with van der Waals surface area (Å²) in [5.41, 5.74) is 1.67. The van der Waals surface area contributed by atoms with Crippen molar-refractivity contribution in [3.63, 3.8) is 0 Å². The Kier molecular flexibility index (Phi) is 5.71. The summed E-state index contributed by atoms with van der Waals surface area (Å²) in [4.78, 5) is 15.5. The quantitative estimate of drug-likeness (QED) is 0.731. The Morgan fingerprint density at radius 3 is 2.68 bits per heavy atom. The number of fused-ring (bicyclic) bond motifs is 1. The minimum atomic E-state index is -2.84. The van der Waals surface area contributed by atoms with E-state index >= 15 is 0 Å². The molecule has 0 atom stereocenters. The van der Waals surface area contributed by atoms with Crippen molar-refractivity contribution in [1.82, 2.24) is 0 Å². The molecule has 1 aliphatic rings. The molecule has 2 aromatic rings. The van der Waals surface area contributed by atoms with Gasteiger partial charge in [-0.2, -0.15) is 8.78 Å². The topological polar surface area (TPSA) is 29.5 Å². The average Bonchev–Trinajstić information content (AvgIpc) is 2.83. The van der Waals surface area contributed by atoms with Crippen LogP contribution in [0, 0.1) is 0 Å². The van der Waals surface area contributed by atoms with E-state index in [-0.39, 0.29) is 11.7 Å². The van der Waals surface area contributed by atoms with E-state index in [0.717, 1.165) is 28.3 Å². The summed E-state index contributed by atoms with van der Waals surface area (Å²) in [6.45, 7) is -2.17. The SMILES string of the molecule is O=C(/C=C/c1ccc(OC(F)F)cc1)N1CCCSc2ccccc21. The molecule has 3 nitrogen and oxygen atoms in total. The van der Waals surface area contributed by atoms with Crippen molar-refractivity contribution < 1.29 is 18.3 Å². The predicted molar refractivity (Wildman–Crippen MR) is 96.2 cm³/mol. The number of carbonyl (C=O) groups excluding carboxylic acids is 1. The number of hydrogen-bond donors (Lipinski definition) is 0. The van der Waals surface area contributed by atoms with Crippen LogP contribution in [0.5, 0.6) is 5.75 Å². The first-order valence-electron chi connectivity index (χ1n) is 7.90. The summed E-state index contributed by atoms with van der Waals surface area (Å²) in [6, 6.07) is 14.0. The number of halogens is 2. The Morgan fingerprint density at radius 1 is 1.16 bits per heavy atom. The van der Waals surface area contributed by atoms with E-state index in [1.54, 1.807) is 34.9 Å². The molecule has 1 heterocycles. The zero-order valence-electron chi connectivity index (χ0n) is 13.4. The highest BCUT2D eigenvalue weighted by Crippen LogP contribution is 2.33. The molecule has 0 bridgehead atoms. The van der Waals surface area contributed by atoms with Crippen LogP contribution in [0.2, 0.25) is 0 Å². The van der Waals surface area contributed by atoms with Crippen molar-refractivity contribution in [2.75, 3.05) is 17.2 Å². The third-order valence-corrected chi connectivity index (χ3v) is 4.88. The number of amides is 1. The Morgan fingerprint density at radius 2 is 1.92 bits per heavy atom. The van der Waals surface area contributed by atoms with E-state index in [1.165, 1.54) is 18.2 Å². The number of para-hydroxylation sites is 1. The lowest BCUT2D eigenvalue weighted by molar-refractivity contribution is -0.114. The molecule has 25 heavy (non-hydrogen) atoms. The van der Waals surface area contributed by atoms with Crippen LogP contribution in [0.1, 0.15) is 12.0 Å². The summed E-state index contributed by atoms with van der Waals surface area (Å²) < 4.78 is 28.6. The molecule has 1 aliphatic heterocycles. The van der Waals surface area contributed by atoms with Gasteiger partial charge in [-0.3, -0.25) is 4.79 Å². The van der Waals surface area contributed by atoms with Crippen molar-refractivity contribution in [2.24, 2.45) is 0 Å². The molecule has 6 heteroatoms. The highest BCUT2D eigenvalue weighted by Gasteiger charge is 2.19. The van der Waals surface area contributed by atoms with Crippen LogP contribution < -0.4 is 9.64 Å². The highest BCUT2D eigenvalue weighted by atomic mass is 32.2. The number of ether oxygens (including phenoxy) is 1. The van der Waals surface area contributed by atoms with Crippen LogP contribution in [0.3, 0.4) is 0 Å². The number of alkyl halides is 2. The molecule has 0 unspecified atom stereocenters. The zero-order valence-corrected chi connectivity index (χ0v) is 14.2. The van der Waals surface area contributed by atoms with Crippen LogP contribution in [-0.2, 0) is 4.79 Å². The largest absolute Gasteiger partial charge is 0.435 e. The summed E-state index contributed by atoms with van der Waals surface area (Å²) in [5, 5.41) is 0. The molecule has 130 valence electrons. The minimum Gasteiger partial charge on any atom is -0.435 e. The molecule has 0 N–H and O–H groups in total. The van der Waals surface area contributed by atoms with Crippen molar-refractivity contribution in [3.05, 3.63) is 60.2 Å². The van der Waals surface area contributed by atoms with Gasteiger partial charge in [-0.1, -0.05) is 24.3 Å². The number of carbonyl (C=O) groups is 1. The molecule has 3 rings (SSSR count). The van der Waals surface area contributed by atoms with E-state index < -0.39 is 6.61 Å². The zero-order chi connectivity index (χ0) is 17.6. The highest BCUT2D eigenvalue weighted by molar-refractivity contribution is 7.99. The van der Waals surface area contributed by atoms with E-state index in [9.17, 15) is 13.6 Å². The van der Waals surface area contributed by atoms with Crippen LogP contribution in [0.25, 0.3) is 6.08 Å². The van der Waals surface area contributed by atoms with Crippen molar-refractivity contribution >= 4 is 29.4 Å². The van der Waals surface area contributed by atoms with E-state index in [2.05, 4.69) is 4.74 Å². The summed E-state index contributed by atoms with van der Waals surface area (Å²) in [5.74, 6) is 0.982. The number of nitrogens with zero attached hydrogens (tertiary/aromatic N) is 1. The van der Waals surface area contributed by atoms with Crippen LogP contribution >= 0.6 is 11.8 Å². The van der Waals surface area contributed by atoms with Gasteiger partial charge in [0.1, 0.15) is 5.75 Å². The maximum atomic E-state index is 12.6. The standard InChI is InChI=1S/C19H17F2NO2S/c20-19(21)24-15-9-6-14(7-10-15)8-11-18(23)22-12-3-13-25-17-5-2-1-4-16(17)22/h1-2,4-11,19H,3,12-13H2/b11-8+. The second-order valence-corrected chi connectivity index (χ2v) is 6.58. The van der Waals surface area contributed by atoms with Gasteiger partial charge in [0.25, 0.3) is 5.91 Å². The van der Waals surface area contributed by atoms with Gasteiger partial charge < -0.3 is 9.64 Å². The lowest BCUT2D eigenvalue weighted by Crippen LogP contribution is -2.30. The third-order valence-electron chi connectivity index (χ3n) is 3.73. The van der Waals surface area contributed by atoms with Gasteiger partial charge in [-0.05, 0) is 48.1 Å². The Hall–Kier alpha value is -2.34. The molecule has 2 aromatic carbocycles. The number of anilines is 1. The molecule has 0 saturated carbocycles. The van der Waals surface area contributed by atoms with Crippen molar-refractivity contribution in [3.8, 4) is 5.75 Å². The molecular formula is C19H17F2NO2S. The van der Waals surface area contributed by atoms with Gasteiger partial charge in [0.05, 0.1) is 5.69 Å². The molecule has 0 spiro atoms. The first-order chi connectivity index (χ1) is 12.1. The van der Waals surface area contributed by atoms with Crippen LogP contribution in [0.4, 0.5) is 14.5 Å². The first kappa shape index (κ1) is 17.5. The van der Waals surface area contributed by atoms with Gasteiger partial charge in [-0.25, -0.2) is 0 Å². The molecular weight excluding hydrogens is 344 g/mol. The van der Waals surface area contributed by atoms with Crippen LogP contribution in [0.15, 0.2) is 59.5 Å². The molecule has 0 aromatic heterocycles. The second kappa shape index (κ2) is 8.16. The lowest BCUT2D eigenvalue weighted by Gasteiger charge is -2.20. The van der Waals surface area contributed by atoms with Crippen LogP contribution in [-0.4, -0.2) is 24.8 Å². The first-order valence-corrected chi connectivity index (χ1v) is 8.88. The van der Waals surface area contributed by atoms with E-state index in [0.29, 0.717) is 6.54 Å².